The van der Waals surface area contributed by atoms with E-state index in [1.807, 2.05) is 0 Å². The summed E-state index contributed by atoms with van der Waals surface area (Å²) in [6, 6.07) is 0.737. The van der Waals surface area contributed by atoms with Crippen LogP contribution in [0.25, 0.3) is 0 Å². The van der Waals surface area contributed by atoms with Gasteiger partial charge < -0.3 is 5.32 Å². The molecule has 3 rings (SSSR count). The van der Waals surface area contributed by atoms with Crippen molar-refractivity contribution in [3.05, 3.63) is 0 Å². The molecule has 0 aromatic carbocycles. The largest absolute Gasteiger partial charge is 0.308 e. The Labute approximate surface area is 132 Å². The van der Waals surface area contributed by atoms with Crippen LogP contribution in [0.1, 0.15) is 85.0 Å². The molecule has 2 nitrogen and oxygen atoms in total. The highest BCUT2D eigenvalue weighted by Crippen LogP contribution is 2.41. The van der Waals surface area contributed by atoms with E-state index in [1.54, 1.807) is 0 Å². The van der Waals surface area contributed by atoms with Crippen LogP contribution in [0, 0.1) is 5.92 Å². The molecule has 3 fully saturated rings. The van der Waals surface area contributed by atoms with Crippen molar-refractivity contribution in [3.8, 4) is 0 Å². The minimum Gasteiger partial charge on any atom is -0.308 e. The van der Waals surface area contributed by atoms with E-state index in [9.17, 15) is 0 Å². The molecule has 2 saturated carbocycles. The summed E-state index contributed by atoms with van der Waals surface area (Å²) in [5.74, 6) is 0.761. The zero-order valence-electron chi connectivity index (χ0n) is 14.6. The molecule has 0 amide bonds. The Morgan fingerprint density at radius 1 is 0.905 bits per heavy atom. The molecular weight excluding hydrogens is 256 g/mol. The van der Waals surface area contributed by atoms with Crippen LogP contribution in [-0.2, 0) is 0 Å². The predicted molar refractivity (Wildman–Crippen MR) is 90.6 cm³/mol. The monoisotopic (exact) mass is 292 g/mol. The van der Waals surface area contributed by atoms with Crippen LogP contribution in [0.5, 0.6) is 0 Å². The molecule has 2 heteroatoms. The molecule has 0 bridgehead atoms. The second kappa shape index (κ2) is 6.20. The van der Waals surface area contributed by atoms with E-state index < -0.39 is 0 Å². The van der Waals surface area contributed by atoms with Gasteiger partial charge in [-0.05, 0) is 38.5 Å². The molecule has 1 heterocycles. The lowest BCUT2D eigenvalue weighted by Crippen LogP contribution is -2.70. The molecule has 3 aliphatic rings. The fourth-order valence-electron chi connectivity index (χ4n) is 5.28. The minimum absolute atomic E-state index is 0.449. The summed E-state index contributed by atoms with van der Waals surface area (Å²) in [4.78, 5) is 2.97. The van der Waals surface area contributed by atoms with Crippen molar-refractivity contribution < 1.29 is 0 Å². The zero-order chi connectivity index (χ0) is 14.9. The second-order valence-electron chi connectivity index (χ2n) is 8.72. The first-order chi connectivity index (χ1) is 10.0. The normalized spacial score (nSPS) is 33.4. The maximum absolute atomic E-state index is 4.01. The molecule has 0 aromatic heterocycles. The Balaban J connectivity index is 1.80. The van der Waals surface area contributed by atoms with Crippen molar-refractivity contribution >= 4 is 0 Å². The van der Waals surface area contributed by atoms with Crippen molar-refractivity contribution in [1.82, 2.24) is 10.2 Å². The quantitative estimate of drug-likeness (QED) is 0.814. The summed E-state index contributed by atoms with van der Waals surface area (Å²) < 4.78 is 0. The molecule has 2 aliphatic carbocycles. The maximum Gasteiger partial charge on any atom is 0.0309 e. The van der Waals surface area contributed by atoms with Crippen LogP contribution < -0.4 is 5.32 Å². The fraction of sp³-hybridized carbons (Fsp3) is 1.00. The molecular formula is C19H36N2. The van der Waals surface area contributed by atoms with Crippen molar-refractivity contribution in [2.24, 2.45) is 5.92 Å². The minimum atomic E-state index is 0.449. The third kappa shape index (κ3) is 3.17. The average molecular weight is 293 g/mol. The number of nitrogens with zero attached hydrogens (tertiary/aromatic N) is 1. The molecule has 1 N–H and O–H groups in total. The molecule has 1 saturated heterocycles. The molecule has 122 valence electrons. The smallest absolute Gasteiger partial charge is 0.0309 e. The van der Waals surface area contributed by atoms with Crippen LogP contribution in [0.15, 0.2) is 0 Å². The number of nitrogens with one attached hydrogen (secondary N) is 1. The van der Waals surface area contributed by atoms with E-state index in [-0.39, 0.29) is 0 Å². The van der Waals surface area contributed by atoms with Gasteiger partial charge in [0, 0.05) is 30.2 Å². The zero-order valence-corrected chi connectivity index (χ0v) is 14.6. The Morgan fingerprint density at radius 3 is 2.05 bits per heavy atom. The number of hydrogen-bond donors (Lipinski definition) is 1. The standard InChI is InChI=1S/C19H36N2/c1-16(2)17-14-20-19(12-8-5-9-13-19)15-21(17)18(3)10-6-4-7-11-18/h16-17,20H,4-15H2,1-3H3. The Morgan fingerprint density at radius 2 is 1.48 bits per heavy atom. The summed E-state index contributed by atoms with van der Waals surface area (Å²) in [5, 5.41) is 4.01. The Bertz CT molecular complexity index is 337. The van der Waals surface area contributed by atoms with Crippen molar-refractivity contribution in [2.75, 3.05) is 13.1 Å². The van der Waals surface area contributed by atoms with Gasteiger partial charge in [0.05, 0.1) is 0 Å². The van der Waals surface area contributed by atoms with Gasteiger partial charge in [-0.25, -0.2) is 0 Å². The molecule has 1 atom stereocenters. The maximum atomic E-state index is 4.01. The van der Waals surface area contributed by atoms with Gasteiger partial charge in [0.25, 0.3) is 0 Å². The summed E-state index contributed by atoms with van der Waals surface area (Å²) in [7, 11) is 0. The Kier molecular flexibility index (Phi) is 4.66. The number of piperazine rings is 1. The van der Waals surface area contributed by atoms with E-state index in [4.69, 9.17) is 0 Å². The van der Waals surface area contributed by atoms with Crippen molar-refractivity contribution in [3.63, 3.8) is 0 Å². The molecule has 1 unspecified atom stereocenters. The lowest BCUT2D eigenvalue weighted by molar-refractivity contribution is -0.0505. The number of hydrogen-bond acceptors (Lipinski definition) is 2. The van der Waals surface area contributed by atoms with Crippen LogP contribution in [0.2, 0.25) is 0 Å². The van der Waals surface area contributed by atoms with Gasteiger partial charge in [0.2, 0.25) is 0 Å². The van der Waals surface area contributed by atoms with Crippen LogP contribution in [-0.4, -0.2) is 35.1 Å². The van der Waals surface area contributed by atoms with Crippen LogP contribution in [0.3, 0.4) is 0 Å². The van der Waals surface area contributed by atoms with Gasteiger partial charge in [-0.1, -0.05) is 52.4 Å². The molecule has 0 aromatic rings. The van der Waals surface area contributed by atoms with Gasteiger partial charge in [0.15, 0.2) is 0 Å². The molecule has 1 aliphatic heterocycles. The topological polar surface area (TPSA) is 15.3 Å². The van der Waals surface area contributed by atoms with E-state index in [2.05, 4.69) is 31.0 Å². The highest BCUT2D eigenvalue weighted by molar-refractivity contribution is 5.05. The molecule has 1 spiro atoms. The SMILES string of the molecule is CC(C)C1CNC2(CCCCC2)CN1C1(C)CCCCC1. The average Bonchev–Trinajstić information content (AvgIpc) is 2.48. The highest BCUT2D eigenvalue weighted by Gasteiger charge is 2.47. The third-order valence-electron chi connectivity index (χ3n) is 6.76. The predicted octanol–water partition coefficient (Wildman–Crippen LogP) is 4.34. The van der Waals surface area contributed by atoms with Crippen molar-refractivity contribution in [2.45, 2.75) is 102 Å². The first-order valence-corrected chi connectivity index (χ1v) is 9.57. The van der Waals surface area contributed by atoms with Crippen molar-refractivity contribution in [1.29, 1.82) is 0 Å². The van der Waals surface area contributed by atoms with E-state index in [1.165, 1.54) is 77.3 Å². The van der Waals surface area contributed by atoms with E-state index in [0.717, 1.165) is 12.0 Å². The fourth-order valence-corrected chi connectivity index (χ4v) is 5.28. The summed E-state index contributed by atoms with van der Waals surface area (Å²) in [6.45, 7) is 9.94. The van der Waals surface area contributed by atoms with Gasteiger partial charge in [-0.2, -0.15) is 0 Å². The lowest BCUT2D eigenvalue weighted by atomic mass is 9.74. The number of rotatable bonds is 2. The van der Waals surface area contributed by atoms with Crippen LogP contribution in [0.4, 0.5) is 0 Å². The first kappa shape index (κ1) is 15.8. The Hall–Kier alpha value is -0.0800. The van der Waals surface area contributed by atoms with Gasteiger partial charge in [-0.3, -0.25) is 4.90 Å². The first-order valence-electron chi connectivity index (χ1n) is 9.57. The molecule has 0 radical (unpaired) electrons. The van der Waals surface area contributed by atoms with Crippen LogP contribution >= 0.6 is 0 Å². The van der Waals surface area contributed by atoms with E-state index in [0.29, 0.717) is 11.1 Å². The summed E-state index contributed by atoms with van der Waals surface area (Å²) >= 11 is 0. The van der Waals surface area contributed by atoms with Gasteiger partial charge >= 0.3 is 0 Å². The summed E-state index contributed by atoms with van der Waals surface area (Å²) in [6.07, 6.45) is 14.3. The lowest BCUT2D eigenvalue weighted by Gasteiger charge is -2.57. The third-order valence-corrected chi connectivity index (χ3v) is 6.76. The van der Waals surface area contributed by atoms with E-state index >= 15 is 0 Å². The molecule has 21 heavy (non-hydrogen) atoms. The highest BCUT2D eigenvalue weighted by atomic mass is 15.3. The van der Waals surface area contributed by atoms with Gasteiger partial charge in [-0.15, -0.1) is 0 Å². The second-order valence-corrected chi connectivity index (χ2v) is 8.72. The summed E-state index contributed by atoms with van der Waals surface area (Å²) in [5.41, 5.74) is 0.920. The van der Waals surface area contributed by atoms with Gasteiger partial charge in [0.1, 0.15) is 0 Å².